The number of ether oxygens (including phenoxy) is 1. The predicted octanol–water partition coefficient (Wildman–Crippen LogP) is 5.11. The number of aromatic nitrogens is 1. The Morgan fingerprint density at radius 2 is 1.81 bits per heavy atom. The number of hydrogen-bond donors (Lipinski definition) is 2. The van der Waals surface area contributed by atoms with Gasteiger partial charge >= 0.3 is 5.97 Å². The lowest BCUT2D eigenvalue weighted by atomic mass is 9.95. The molecule has 0 bridgehead atoms. The Bertz CT molecular complexity index is 1080. The summed E-state index contributed by atoms with van der Waals surface area (Å²) in [6.45, 7) is 1.89. The van der Waals surface area contributed by atoms with Crippen LogP contribution in [0.2, 0.25) is 0 Å². The molecule has 2 N–H and O–H groups in total. The fourth-order valence-corrected chi connectivity index (χ4v) is 4.61. The fourth-order valence-electron chi connectivity index (χ4n) is 4.61. The lowest BCUT2D eigenvalue weighted by Gasteiger charge is -2.22. The van der Waals surface area contributed by atoms with E-state index in [0.29, 0.717) is 17.7 Å². The van der Waals surface area contributed by atoms with E-state index in [1.807, 2.05) is 37.3 Å². The van der Waals surface area contributed by atoms with E-state index >= 15 is 0 Å². The monoisotopic (exact) mass is 418 g/mol. The van der Waals surface area contributed by atoms with Crippen LogP contribution in [0.15, 0.2) is 42.5 Å². The van der Waals surface area contributed by atoms with Crippen molar-refractivity contribution in [3.8, 4) is 0 Å². The van der Waals surface area contributed by atoms with Gasteiger partial charge in [0.1, 0.15) is 5.69 Å². The average molecular weight is 419 g/mol. The molecule has 1 aliphatic carbocycles. The van der Waals surface area contributed by atoms with Crippen LogP contribution in [0.5, 0.6) is 0 Å². The first-order valence-corrected chi connectivity index (χ1v) is 11.1. The molecule has 0 atom stereocenters. The molecule has 0 aliphatic heterocycles. The minimum absolute atomic E-state index is 0.0524. The van der Waals surface area contributed by atoms with Crippen molar-refractivity contribution in [3.63, 3.8) is 0 Å². The van der Waals surface area contributed by atoms with Crippen LogP contribution in [0.25, 0.3) is 10.9 Å². The summed E-state index contributed by atoms with van der Waals surface area (Å²) >= 11 is 0. The van der Waals surface area contributed by atoms with Gasteiger partial charge in [-0.1, -0.05) is 49.6 Å². The average Bonchev–Trinajstić information content (AvgIpc) is 3.15. The van der Waals surface area contributed by atoms with E-state index in [1.54, 1.807) is 0 Å². The molecule has 0 unspecified atom stereocenters. The molecule has 0 spiro atoms. The number of methoxy groups -OCH3 is 1. The fraction of sp³-hybridized carbons (Fsp3) is 0.385. The number of H-pyrrole nitrogens is 1. The van der Waals surface area contributed by atoms with Crippen molar-refractivity contribution in [2.24, 2.45) is 0 Å². The van der Waals surface area contributed by atoms with Gasteiger partial charge in [-0.05, 0) is 61.4 Å². The van der Waals surface area contributed by atoms with Crippen LogP contribution in [0, 0.1) is 6.92 Å². The molecule has 2 aromatic carbocycles. The van der Waals surface area contributed by atoms with Crippen LogP contribution in [0.4, 0.5) is 0 Å². The largest absolute Gasteiger partial charge is 0.465 e. The molecule has 1 heterocycles. The van der Waals surface area contributed by atoms with Crippen molar-refractivity contribution < 1.29 is 14.3 Å². The quantitative estimate of drug-likeness (QED) is 0.547. The molecule has 1 aliphatic rings. The van der Waals surface area contributed by atoms with Gasteiger partial charge in [-0.2, -0.15) is 0 Å². The van der Waals surface area contributed by atoms with Crippen molar-refractivity contribution in [2.75, 3.05) is 7.11 Å². The smallest absolute Gasteiger partial charge is 0.338 e. The predicted molar refractivity (Wildman–Crippen MR) is 123 cm³/mol. The van der Waals surface area contributed by atoms with Gasteiger partial charge in [-0.3, -0.25) is 4.79 Å². The molecule has 1 amide bonds. The summed E-state index contributed by atoms with van der Waals surface area (Å²) in [5.74, 6) is -0.411. The first-order valence-electron chi connectivity index (χ1n) is 11.1. The maximum absolute atomic E-state index is 13.2. The first-order chi connectivity index (χ1) is 15.1. The van der Waals surface area contributed by atoms with E-state index < -0.39 is 0 Å². The Morgan fingerprint density at radius 1 is 1.06 bits per heavy atom. The maximum Gasteiger partial charge on any atom is 0.338 e. The zero-order valence-corrected chi connectivity index (χ0v) is 18.3. The summed E-state index contributed by atoms with van der Waals surface area (Å²) in [6.07, 6.45) is 7.19. The Labute approximate surface area is 183 Å². The highest BCUT2D eigenvalue weighted by molar-refractivity contribution is 6.04. The number of rotatable bonds is 6. The van der Waals surface area contributed by atoms with Gasteiger partial charge in [0.2, 0.25) is 0 Å². The van der Waals surface area contributed by atoms with E-state index in [4.69, 9.17) is 4.74 Å². The number of fused-ring (bicyclic) bond motifs is 1. The molecule has 5 heteroatoms. The van der Waals surface area contributed by atoms with Gasteiger partial charge in [0.15, 0.2) is 0 Å². The summed E-state index contributed by atoms with van der Waals surface area (Å²) in [4.78, 5) is 28.9. The zero-order valence-electron chi connectivity index (χ0n) is 18.3. The third-order valence-corrected chi connectivity index (χ3v) is 6.33. The van der Waals surface area contributed by atoms with Gasteiger partial charge in [0.25, 0.3) is 5.91 Å². The number of aryl methyl sites for hydroxylation is 3. The third-order valence-electron chi connectivity index (χ3n) is 6.33. The second-order valence-corrected chi connectivity index (χ2v) is 8.48. The summed E-state index contributed by atoms with van der Waals surface area (Å²) in [7, 11) is 1.39. The minimum Gasteiger partial charge on any atom is -0.465 e. The Balaban J connectivity index is 1.71. The molecule has 0 saturated heterocycles. The van der Waals surface area contributed by atoms with Gasteiger partial charge in [-0.15, -0.1) is 0 Å². The standard InChI is InChI=1S/C26H30N2O3/c1-17-15-23-22(16-21(17)26(30)31-2)20(14-13-18-9-5-3-6-10-18)24(28-23)25(29)27-19-11-7-4-8-12-19/h3,5-6,9-10,15-16,19,28H,4,7-8,11-14H2,1-2H3,(H,27,29). The zero-order chi connectivity index (χ0) is 21.8. The van der Waals surface area contributed by atoms with Crippen LogP contribution in [0.1, 0.15) is 69.6 Å². The maximum atomic E-state index is 13.2. The molecule has 162 valence electrons. The van der Waals surface area contributed by atoms with Crippen molar-refractivity contribution in [1.29, 1.82) is 0 Å². The van der Waals surface area contributed by atoms with Crippen molar-refractivity contribution in [1.82, 2.24) is 10.3 Å². The number of benzene rings is 2. The first kappa shape index (κ1) is 21.2. The number of aromatic amines is 1. The molecule has 31 heavy (non-hydrogen) atoms. The van der Waals surface area contributed by atoms with Crippen LogP contribution < -0.4 is 5.32 Å². The number of nitrogens with one attached hydrogen (secondary N) is 2. The Kier molecular flexibility index (Phi) is 6.40. The highest BCUT2D eigenvalue weighted by Gasteiger charge is 2.23. The number of hydrogen-bond acceptors (Lipinski definition) is 3. The van der Waals surface area contributed by atoms with E-state index in [2.05, 4.69) is 22.4 Å². The van der Waals surface area contributed by atoms with E-state index in [1.165, 1.54) is 31.9 Å². The summed E-state index contributed by atoms with van der Waals surface area (Å²) in [5, 5.41) is 4.15. The molecule has 3 aromatic rings. The topological polar surface area (TPSA) is 71.2 Å². The Morgan fingerprint density at radius 3 is 2.52 bits per heavy atom. The molecule has 1 aromatic heterocycles. The Hall–Kier alpha value is -3.08. The van der Waals surface area contributed by atoms with Gasteiger partial charge in [0, 0.05) is 16.9 Å². The van der Waals surface area contributed by atoms with Gasteiger partial charge in [-0.25, -0.2) is 4.79 Å². The lowest BCUT2D eigenvalue weighted by Crippen LogP contribution is -2.36. The number of amides is 1. The van der Waals surface area contributed by atoms with Gasteiger partial charge < -0.3 is 15.0 Å². The number of esters is 1. The van der Waals surface area contributed by atoms with Crippen LogP contribution in [0.3, 0.4) is 0 Å². The van der Waals surface area contributed by atoms with Crippen molar-refractivity contribution in [3.05, 3.63) is 70.4 Å². The molecular formula is C26H30N2O3. The van der Waals surface area contributed by atoms with Crippen LogP contribution in [-0.2, 0) is 17.6 Å². The number of carbonyl (C=O) groups is 2. The SMILES string of the molecule is COC(=O)c1cc2c(CCc3ccccc3)c(C(=O)NC3CCCCC3)[nH]c2cc1C. The second kappa shape index (κ2) is 9.38. The lowest BCUT2D eigenvalue weighted by molar-refractivity contribution is 0.0600. The van der Waals surface area contributed by atoms with Gasteiger partial charge in [0.05, 0.1) is 12.7 Å². The molecule has 0 radical (unpaired) electrons. The van der Waals surface area contributed by atoms with Crippen molar-refractivity contribution >= 4 is 22.8 Å². The van der Waals surface area contributed by atoms with Crippen LogP contribution >= 0.6 is 0 Å². The molecular weight excluding hydrogens is 388 g/mol. The summed E-state index contributed by atoms with van der Waals surface area (Å²) < 4.78 is 4.96. The van der Waals surface area contributed by atoms with E-state index in [9.17, 15) is 9.59 Å². The molecule has 4 rings (SSSR count). The second-order valence-electron chi connectivity index (χ2n) is 8.48. The third kappa shape index (κ3) is 4.66. The van der Waals surface area contributed by atoms with E-state index in [-0.39, 0.29) is 17.9 Å². The molecule has 5 nitrogen and oxygen atoms in total. The molecule has 1 saturated carbocycles. The highest BCUT2D eigenvalue weighted by atomic mass is 16.5. The minimum atomic E-state index is -0.359. The molecule has 1 fully saturated rings. The highest BCUT2D eigenvalue weighted by Crippen LogP contribution is 2.28. The number of carbonyl (C=O) groups excluding carboxylic acids is 2. The normalized spacial score (nSPS) is 14.5. The summed E-state index contributed by atoms with van der Waals surface area (Å²) in [6, 6.07) is 14.3. The van der Waals surface area contributed by atoms with Crippen LogP contribution in [-0.4, -0.2) is 30.0 Å². The summed E-state index contributed by atoms with van der Waals surface area (Å²) in [5.41, 5.74) is 5.02. The van der Waals surface area contributed by atoms with E-state index in [0.717, 1.165) is 41.3 Å². The van der Waals surface area contributed by atoms with Crippen molar-refractivity contribution in [2.45, 2.75) is 57.9 Å².